The van der Waals surface area contributed by atoms with Crippen LogP contribution in [0.3, 0.4) is 0 Å². The Bertz CT molecular complexity index is 501. The van der Waals surface area contributed by atoms with Crippen LogP contribution in [0, 0.1) is 5.82 Å². The Morgan fingerprint density at radius 2 is 2.12 bits per heavy atom. The highest BCUT2D eigenvalue weighted by Crippen LogP contribution is 2.33. The van der Waals surface area contributed by atoms with E-state index in [0.29, 0.717) is 10.6 Å². The minimum atomic E-state index is -0.575. The molecule has 0 spiro atoms. The van der Waals surface area contributed by atoms with Gasteiger partial charge in [-0.3, -0.25) is 0 Å². The van der Waals surface area contributed by atoms with Gasteiger partial charge in [0.25, 0.3) is 0 Å². The third-order valence-corrected chi connectivity index (χ3v) is 5.28. The normalized spacial score (nSPS) is 12.6. The molecule has 90 valence electrons. The standard InChI is InChI=1S/C12H10BrFOS2/c13-8-5-6-16-12(8)10(15)7-17-11-4-2-1-3-9(11)14/h1-6,10,15H,7H2. The fraction of sp³-hybridized carbons (Fsp3) is 0.167. The van der Waals surface area contributed by atoms with Gasteiger partial charge in [0.15, 0.2) is 0 Å². The summed E-state index contributed by atoms with van der Waals surface area (Å²) in [5.41, 5.74) is 0. The van der Waals surface area contributed by atoms with E-state index in [1.165, 1.54) is 29.2 Å². The highest BCUT2D eigenvalue weighted by molar-refractivity contribution is 9.10. The number of thiophene rings is 1. The molecule has 1 heterocycles. The highest BCUT2D eigenvalue weighted by Gasteiger charge is 2.14. The van der Waals surface area contributed by atoms with E-state index >= 15 is 0 Å². The van der Waals surface area contributed by atoms with E-state index in [2.05, 4.69) is 15.9 Å². The molecule has 0 aliphatic heterocycles. The minimum absolute atomic E-state index is 0.241. The maximum Gasteiger partial charge on any atom is 0.136 e. The first kappa shape index (κ1) is 13.1. The lowest BCUT2D eigenvalue weighted by atomic mass is 10.3. The van der Waals surface area contributed by atoms with E-state index in [-0.39, 0.29) is 5.82 Å². The van der Waals surface area contributed by atoms with Crippen molar-refractivity contribution < 1.29 is 9.50 Å². The molecule has 1 nitrogen and oxygen atoms in total. The second-order valence-corrected chi connectivity index (χ2v) is 6.25. The van der Waals surface area contributed by atoms with Crippen molar-refractivity contribution in [3.8, 4) is 0 Å². The van der Waals surface area contributed by atoms with Crippen molar-refractivity contribution in [3.05, 3.63) is 50.9 Å². The van der Waals surface area contributed by atoms with Crippen LogP contribution in [0.4, 0.5) is 4.39 Å². The van der Waals surface area contributed by atoms with Crippen molar-refractivity contribution in [2.24, 2.45) is 0 Å². The fourth-order valence-corrected chi connectivity index (χ4v) is 3.96. The number of halogens is 2. The Hall–Kier alpha value is -0.360. The molecule has 0 amide bonds. The SMILES string of the molecule is OC(CSc1ccccc1F)c1sccc1Br. The molecule has 0 saturated carbocycles. The summed E-state index contributed by atoms with van der Waals surface area (Å²) in [4.78, 5) is 1.45. The summed E-state index contributed by atoms with van der Waals surface area (Å²) in [6.45, 7) is 0. The monoisotopic (exact) mass is 332 g/mol. The van der Waals surface area contributed by atoms with Crippen molar-refractivity contribution in [3.63, 3.8) is 0 Å². The lowest BCUT2D eigenvalue weighted by Crippen LogP contribution is -1.99. The Morgan fingerprint density at radius 3 is 2.76 bits per heavy atom. The molecule has 0 radical (unpaired) electrons. The van der Waals surface area contributed by atoms with Crippen molar-refractivity contribution in [2.45, 2.75) is 11.0 Å². The number of thioether (sulfide) groups is 1. The molecule has 2 aromatic rings. The highest BCUT2D eigenvalue weighted by atomic mass is 79.9. The molecule has 0 aliphatic rings. The van der Waals surface area contributed by atoms with E-state index in [9.17, 15) is 9.50 Å². The van der Waals surface area contributed by atoms with Crippen molar-refractivity contribution in [1.29, 1.82) is 0 Å². The number of aliphatic hydroxyl groups is 1. The van der Waals surface area contributed by atoms with E-state index in [4.69, 9.17) is 0 Å². The molecule has 0 aliphatic carbocycles. The number of hydrogen-bond acceptors (Lipinski definition) is 3. The zero-order valence-electron chi connectivity index (χ0n) is 8.77. The zero-order valence-corrected chi connectivity index (χ0v) is 12.0. The van der Waals surface area contributed by atoms with Crippen molar-refractivity contribution in [2.75, 3.05) is 5.75 Å². The summed E-state index contributed by atoms with van der Waals surface area (Å²) in [5, 5.41) is 11.9. The molecule has 2 rings (SSSR count). The smallest absolute Gasteiger partial charge is 0.136 e. The molecule has 1 N–H and O–H groups in total. The van der Waals surface area contributed by atoms with Crippen molar-refractivity contribution in [1.82, 2.24) is 0 Å². The summed E-state index contributed by atoms with van der Waals surface area (Å²) in [6.07, 6.45) is -0.575. The van der Waals surface area contributed by atoms with Gasteiger partial charge in [0.1, 0.15) is 5.82 Å². The van der Waals surface area contributed by atoms with Crippen LogP contribution in [0.2, 0.25) is 0 Å². The molecular weight excluding hydrogens is 323 g/mol. The van der Waals surface area contributed by atoms with Gasteiger partial charge in [-0.25, -0.2) is 4.39 Å². The maximum atomic E-state index is 13.4. The summed E-state index contributed by atoms with van der Waals surface area (Å²) in [6, 6.07) is 8.49. The Balaban J connectivity index is 2.00. The molecule has 0 fully saturated rings. The summed E-state index contributed by atoms with van der Waals surface area (Å²) >= 11 is 6.19. The second kappa shape index (κ2) is 6.00. The molecule has 17 heavy (non-hydrogen) atoms. The average molecular weight is 333 g/mol. The lowest BCUT2D eigenvalue weighted by Gasteiger charge is -2.09. The van der Waals surface area contributed by atoms with E-state index in [1.54, 1.807) is 18.2 Å². The van der Waals surface area contributed by atoms with Crippen LogP contribution in [-0.2, 0) is 0 Å². The van der Waals surface area contributed by atoms with Crippen LogP contribution in [0.15, 0.2) is 45.1 Å². The van der Waals surface area contributed by atoms with Gasteiger partial charge in [0, 0.05) is 20.0 Å². The topological polar surface area (TPSA) is 20.2 Å². The average Bonchev–Trinajstić information content (AvgIpc) is 2.74. The maximum absolute atomic E-state index is 13.4. The van der Waals surface area contributed by atoms with Crippen LogP contribution in [0.25, 0.3) is 0 Å². The van der Waals surface area contributed by atoms with Crippen LogP contribution in [0.1, 0.15) is 11.0 Å². The number of hydrogen-bond donors (Lipinski definition) is 1. The van der Waals surface area contributed by atoms with E-state index in [1.807, 2.05) is 11.4 Å². The van der Waals surface area contributed by atoms with Gasteiger partial charge in [-0.15, -0.1) is 23.1 Å². The Morgan fingerprint density at radius 1 is 1.35 bits per heavy atom. The van der Waals surface area contributed by atoms with Crippen LogP contribution in [-0.4, -0.2) is 10.9 Å². The second-order valence-electron chi connectivity index (χ2n) is 3.39. The first-order valence-corrected chi connectivity index (χ1v) is 7.62. The molecule has 0 bridgehead atoms. The van der Waals surface area contributed by atoms with Crippen LogP contribution < -0.4 is 0 Å². The first-order chi connectivity index (χ1) is 8.18. The van der Waals surface area contributed by atoms with Crippen molar-refractivity contribution >= 4 is 39.0 Å². The number of aliphatic hydroxyl groups excluding tert-OH is 1. The molecular formula is C12H10BrFOS2. The lowest BCUT2D eigenvalue weighted by molar-refractivity contribution is 0.207. The van der Waals surface area contributed by atoms with Gasteiger partial charge >= 0.3 is 0 Å². The summed E-state index contributed by atoms with van der Waals surface area (Å²) < 4.78 is 14.3. The predicted molar refractivity (Wildman–Crippen MR) is 74.1 cm³/mol. The Labute approximate surface area is 116 Å². The Kier molecular flexibility index (Phi) is 4.62. The molecule has 1 atom stereocenters. The third-order valence-electron chi connectivity index (χ3n) is 2.18. The quantitative estimate of drug-likeness (QED) is 0.833. The number of rotatable bonds is 4. The van der Waals surface area contributed by atoms with Crippen LogP contribution >= 0.6 is 39.0 Å². The molecule has 1 aromatic heterocycles. The van der Waals surface area contributed by atoms with Gasteiger partial charge in [-0.2, -0.15) is 0 Å². The molecule has 0 saturated heterocycles. The van der Waals surface area contributed by atoms with Gasteiger partial charge in [-0.05, 0) is 39.5 Å². The van der Waals surface area contributed by atoms with Crippen LogP contribution in [0.5, 0.6) is 0 Å². The van der Waals surface area contributed by atoms with Gasteiger partial charge in [0.05, 0.1) is 6.10 Å². The first-order valence-electron chi connectivity index (χ1n) is 4.97. The summed E-state index contributed by atoms with van der Waals surface area (Å²) in [7, 11) is 0. The fourth-order valence-electron chi connectivity index (χ4n) is 1.35. The van der Waals surface area contributed by atoms with E-state index in [0.717, 1.165) is 9.35 Å². The summed E-state index contributed by atoms with van der Waals surface area (Å²) in [5.74, 6) is 0.204. The predicted octanol–water partition coefficient (Wildman–Crippen LogP) is 4.48. The molecule has 1 unspecified atom stereocenters. The molecule has 1 aromatic carbocycles. The molecule has 5 heteroatoms. The zero-order chi connectivity index (χ0) is 12.3. The van der Waals surface area contributed by atoms with E-state index < -0.39 is 6.10 Å². The third kappa shape index (κ3) is 3.31. The van der Waals surface area contributed by atoms with Gasteiger partial charge in [-0.1, -0.05) is 12.1 Å². The van der Waals surface area contributed by atoms with Gasteiger partial charge < -0.3 is 5.11 Å². The number of benzene rings is 1. The van der Waals surface area contributed by atoms with Gasteiger partial charge in [0.2, 0.25) is 0 Å². The largest absolute Gasteiger partial charge is 0.387 e. The minimum Gasteiger partial charge on any atom is -0.387 e.